The summed E-state index contributed by atoms with van der Waals surface area (Å²) in [6.45, 7) is 6.75. The first kappa shape index (κ1) is 8.48. The number of fused-ring (bicyclic) bond motifs is 3. The van der Waals surface area contributed by atoms with Crippen molar-refractivity contribution in [2.24, 2.45) is 11.3 Å². The van der Waals surface area contributed by atoms with E-state index in [1.807, 2.05) is 0 Å². The first-order valence-electron chi connectivity index (χ1n) is 5.24. The largest absolute Gasteiger partial charge is 0.374 e. The third kappa shape index (κ3) is 0.753. The zero-order valence-corrected chi connectivity index (χ0v) is 8.91. The maximum atomic E-state index is 9.15. The van der Waals surface area contributed by atoms with Crippen LogP contribution in [0, 0.1) is 18.3 Å². The summed E-state index contributed by atoms with van der Waals surface area (Å²) in [6.07, 6.45) is 1.11. The Balaban J connectivity index is 2.11. The van der Waals surface area contributed by atoms with Crippen LogP contribution in [0.1, 0.15) is 36.7 Å². The molecule has 1 fully saturated rings. The molecule has 76 valence electrons. The lowest BCUT2D eigenvalue weighted by atomic mass is 9.98. The van der Waals surface area contributed by atoms with Crippen LogP contribution in [0.2, 0.25) is 0 Å². The smallest absolute Gasteiger partial charge is 0.136 e. The lowest BCUT2D eigenvalue weighted by Gasteiger charge is -2.09. The molecule has 1 heterocycles. The highest BCUT2D eigenvalue weighted by Crippen LogP contribution is 2.70. The molecule has 3 rings (SSSR count). The quantitative estimate of drug-likeness (QED) is 0.731. The fourth-order valence-corrected chi connectivity index (χ4v) is 3.29. The van der Waals surface area contributed by atoms with E-state index >= 15 is 0 Å². The molecule has 0 saturated heterocycles. The number of rotatable bonds is 1. The minimum atomic E-state index is 0.0239. The number of aromatic nitrogens is 2. The van der Waals surface area contributed by atoms with E-state index in [0.29, 0.717) is 11.3 Å². The van der Waals surface area contributed by atoms with Gasteiger partial charge in [-0.05, 0) is 30.6 Å². The zero-order valence-electron chi connectivity index (χ0n) is 8.91. The summed E-state index contributed by atoms with van der Waals surface area (Å²) in [5.74, 6) is 1.50. The van der Waals surface area contributed by atoms with Crippen LogP contribution in [0.5, 0.6) is 0 Å². The van der Waals surface area contributed by atoms with E-state index < -0.39 is 0 Å². The predicted molar refractivity (Wildman–Crippen MR) is 52.9 cm³/mol. The molecule has 0 amide bonds. The number of aliphatic hydroxyl groups excluding tert-OH is 1. The molecule has 0 aliphatic heterocycles. The van der Waals surface area contributed by atoms with Crippen molar-refractivity contribution in [1.29, 1.82) is 0 Å². The highest BCUT2D eigenvalue weighted by molar-refractivity contribution is 5.45. The molecule has 0 bridgehead atoms. The van der Waals surface area contributed by atoms with Crippen LogP contribution in [0.3, 0.4) is 0 Å². The lowest BCUT2D eigenvalue weighted by Crippen LogP contribution is -2.07. The van der Waals surface area contributed by atoms with Gasteiger partial charge in [-0.3, -0.25) is 0 Å². The molecule has 3 heteroatoms. The van der Waals surface area contributed by atoms with E-state index in [4.69, 9.17) is 5.11 Å². The van der Waals surface area contributed by atoms with Gasteiger partial charge in [-0.15, -0.1) is 0 Å². The van der Waals surface area contributed by atoms with Crippen molar-refractivity contribution >= 4 is 0 Å². The minimum Gasteiger partial charge on any atom is -0.374 e. The second kappa shape index (κ2) is 2.22. The van der Waals surface area contributed by atoms with Gasteiger partial charge in [0.15, 0.2) is 0 Å². The molecule has 14 heavy (non-hydrogen) atoms. The first-order chi connectivity index (χ1) is 6.57. The van der Waals surface area contributed by atoms with E-state index in [-0.39, 0.29) is 6.73 Å². The number of hydrogen-bond acceptors (Lipinski definition) is 2. The van der Waals surface area contributed by atoms with Crippen molar-refractivity contribution < 1.29 is 5.11 Å². The van der Waals surface area contributed by atoms with E-state index in [2.05, 4.69) is 25.9 Å². The normalized spacial score (nSPS) is 31.4. The van der Waals surface area contributed by atoms with Crippen LogP contribution >= 0.6 is 0 Å². The maximum Gasteiger partial charge on any atom is 0.136 e. The summed E-state index contributed by atoms with van der Waals surface area (Å²) in [6, 6.07) is 0. The van der Waals surface area contributed by atoms with Gasteiger partial charge in [-0.1, -0.05) is 13.8 Å². The molecular weight excluding hydrogens is 176 g/mol. The Morgan fingerprint density at radius 1 is 1.57 bits per heavy atom. The fraction of sp³-hybridized carbons (Fsp3) is 0.727. The average molecular weight is 192 g/mol. The van der Waals surface area contributed by atoms with Crippen molar-refractivity contribution in [2.45, 2.75) is 39.8 Å². The number of hydrogen-bond donors (Lipinski definition) is 1. The first-order valence-corrected chi connectivity index (χ1v) is 5.24. The summed E-state index contributed by atoms with van der Waals surface area (Å²) in [4.78, 5) is 0. The summed E-state index contributed by atoms with van der Waals surface area (Å²) in [7, 11) is 0. The van der Waals surface area contributed by atoms with Crippen molar-refractivity contribution in [3.05, 3.63) is 17.0 Å². The molecule has 2 atom stereocenters. The lowest BCUT2D eigenvalue weighted by molar-refractivity contribution is 0.190. The van der Waals surface area contributed by atoms with Crippen LogP contribution in [0.25, 0.3) is 0 Å². The van der Waals surface area contributed by atoms with Crippen molar-refractivity contribution in [3.8, 4) is 0 Å². The third-order valence-corrected chi connectivity index (χ3v) is 4.19. The van der Waals surface area contributed by atoms with Gasteiger partial charge >= 0.3 is 0 Å². The summed E-state index contributed by atoms with van der Waals surface area (Å²) in [5, 5.41) is 13.5. The van der Waals surface area contributed by atoms with Gasteiger partial charge in [0.2, 0.25) is 0 Å². The Kier molecular flexibility index (Phi) is 1.34. The van der Waals surface area contributed by atoms with Crippen molar-refractivity contribution in [2.75, 3.05) is 0 Å². The zero-order chi connectivity index (χ0) is 10.1. The third-order valence-electron chi connectivity index (χ3n) is 4.19. The molecule has 0 radical (unpaired) electrons. The summed E-state index contributed by atoms with van der Waals surface area (Å²) >= 11 is 0. The standard InChI is InChI=1S/C11H16N2O/c1-6-9-8(13(5-14)12-6)4-7-10(9)11(7,2)3/h7,10,14H,4-5H2,1-3H3/t7-,10-/m1/s1. The number of nitrogens with zero attached hydrogens (tertiary/aromatic N) is 2. The number of aliphatic hydroxyl groups is 1. The van der Waals surface area contributed by atoms with Gasteiger partial charge in [-0.25, -0.2) is 4.68 Å². The van der Waals surface area contributed by atoms with Crippen LogP contribution in [-0.2, 0) is 13.2 Å². The van der Waals surface area contributed by atoms with Crippen LogP contribution < -0.4 is 0 Å². The van der Waals surface area contributed by atoms with E-state index in [1.165, 1.54) is 11.3 Å². The predicted octanol–water partition coefficient (Wildman–Crippen LogP) is 1.44. The minimum absolute atomic E-state index is 0.0239. The molecule has 1 aromatic heterocycles. The molecule has 1 aromatic rings. The van der Waals surface area contributed by atoms with Crippen LogP contribution in [0.15, 0.2) is 0 Å². The van der Waals surface area contributed by atoms with Gasteiger partial charge in [-0.2, -0.15) is 5.10 Å². The Morgan fingerprint density at radius 3 is 2.93 bits per heavy atom. The summed E-state index contributed by atoms with van der Waals surface area (Å²) < 4.78 is 1.76. The molecule has 0 spiro atoms. The molecule has 1 saturated carbocycles. The summed E-state index contributed by atoms with van der Waals surface area (Å²) in [5.41, 5.74) is 4.29. The highest BCUT2D eigenvalue weighted by atomic mass is 16.3. The Hall–Kier alpha value is -0.830. The SMILES string of the molecule is Cc1nn(CO)c2c1[C@H]1[C@@H](C2)C1(C)C. The molecule has 2 aliphatic carbocycles. The second-order valence-corrected chi connectivity index (χ2v) is 5.20. The molecule has 1 N–H and O–H groups in total. The van der Waals surface area contributed by atoms with E-state index in [1.54, 1.807) is 4.68 Å². The molecule has 2 aliphatic rings. The van der Waals surface area contributed by atoms with Gasteiger partial charge in [0, 0.05) is 11.3 Å². The Bertz CT molecular complexity index is 406. The van der Waals surface area contributed by atoms with Gasteiger partial charge in [0.1, 0.15) is 6.73 Å². The van der Waals surface area contributed by atoms with Crippen molar-refractivity contribution in [3.63, 3.8) is 0 Å². The number of aryl methyl sites for hydroxylation is 1. The molecular formula is C11H16N2O. The van der Waals surface area contributed by atoms with Crippen LogP contribution in [0.4, 0.5) is 0 Å². The molecule has 0 unspecified atom stereocenters. The molecule has 0 aromatic carbocycles. The second-order valence-electron chi connectivity index (χ2n) is 5.20. The Morgan fingerprint density at radius 2 is 2.29 bits per heavy atom. The van der Waals surface area contributed by atoms with Gasteiger partial charge in [0.25, 0.3) is 0 Å². The van der Waals surface area contributed by atoms with E-state index in [9.17, 15) is 0 Å². The van der Waals surface area contributed by atoms with Gasteiger partial charge < -0.3 is 5.11 Å². The van der Waals surface area contributed by atoms with E-state index in [0.717, 1.165) is 18.0 Å². The Labute approximate surface area is 83.7 Å². The van der Waals surface area contributed by atoms with Crippen LogP contribution in [-0.4, -0.2) is 14.9 Å². The molecule has 3 nitrogen and oxygen atoms in total. The fourth-order valence-electron chi connectivity index (χ4n) is 3.29. The monoisotopic (exact) mass is 192 g/mol. The maximum absolute atomic E-state index is 9.15. The highest BCUT2D eigenvalue weighted by Gasteiger charge is 2.63. The topological polar surface area (TPSA) is 38.0 Å². The average Bonchev–Trinajstić information content (AvgIpc) is 2.56. The van der Waals surface area contributed by atoms with Gasteiger partial charge in [0.05, 0.1) is 5.69 Å². The van der Waals surface area contributed by atoms with Crippen molar-refractivity contribution in [1.82, 2.24) is 9.78 Å².